The van der Waals surface area contributed by atoms with Crippen molar-refractivity contribution in [2.45, 2.75) is 71.5 Å². The van der Waals surface area contributed by atoms with Gasteiger partial charge in [-0.1, -0.05) is 13.8 Å². The summed E-state index contributed by atoms with van der Waals surface area (Å²) in [4.78, 5) is 2.36. The third kappa shape index (κ3) is 4.78. The lowest BCUT2D eigenvalue weighted by Gasteiger charge is -2.37. The molecule has 1 aliphatic carbocycles. The average Bonchev–Trinajstić information content (AvgIpc) is 3.10. The molecule has 0 saturated heterocycles. The molecule has 0 radical (unpaired) electrons. The van der Waals surface area contributed by atoms with Crippen LogP contribution in [0, 0.1) is 23.2 Å². The molecular weight excluding hydrogens is 234 g/mol. The van der Waals surface area contributed by atoms with Gasteiger partial charge in [0.1, 0.15) is 5.54 Å². The topological polar surface area (TPSA) is 39.1 Å². The zero-order valence-electron chi connectivity index (χ0n) is 13.5. The molecule has 110 valence electrons. The molecule has 1 N–H and O–H groups in total. The maximum absolute atomic E-state index is 9.71. The van der Waals surface area contributed by atoms with Crippen molar-refractivity contribution in [1.29, 1.82) is 5.26 Å². The normalized spacial score (nSPS) is 20.6. The molecule has 19 heavy (non-hydrogen) atoms. The summed E-state index contributed by atoms with van der Waals surface area (Å²) in [6, 6.07) is 3.48. The SMILES string of the molecule is CC(C)CC(C)N(C)CC(C#N)(NC(C)C)C1CC1. The molecule has 0 aromatic carbocycles. The minimum atomic E-state index is -0.353. The number of likely N-dealkylation sites (N-methyl/N-ethyl adjacent to an activating group) is 1. The van der Waals surface area contributed by atoms with Gasteiger partial charge in [0.25, 0.3) is 0 Å². The highest BCUT2D eigenvalue weighted by Gasteiger charge is 2.46. The number of nitrogens with zero attached hydrogens (tertiary/aromatic N) is 2. The summed E-state index contributed by atoms with van der Waals surface area (Å²) in [5.41, 5.74) is -0.353. The summed E-state index contributed by atoms with van der Waals surface area (Å²) in [6.45, 7) is 11.9. The molecule has 0 bridgehead atoms. The van der Waals surface area contributed by atoms with Crippen LogP contribution in [0.3, 0.4) is 0 Å². The second-order valence-corrected chi connectivity index (χ2v) is 7.05. The zero-order chi connectivity index (χ0) is 14.6. The first-order chi connectivity index (χ1) is 8.80. The first-order valence-electron chi connectivity index (χ1n) is 7.70. The highest BCUT2D eigenvalue weighted by molar-refractivity contribution is 5.17. The molecule has 0 aromatic rings. The molecule has 2 unspecified atom stereocenters. The number of nitriles is 1. The van der Waals surface area contributed by atoms with Crippen LogP contribution in [0.15, 0.2) is 0 Å². The van der Waals surface area contributed by atoms with Crippen molar-refractivity contribution in [2.75, 3.05) is 13.6 Å². The molecule has 0 aliphatic heterocycles. The maximum atomic E-state index is 9.71. The Morgan fingerprint density at radius 1 is 1.26 bits per heavy atom. The van der Waals surface area contributed by atoms with Gasteiger partial charge in [0.15, 0.2) is 0 Å². The standard InChI is InChI=1S/C16H31N3/c1-12(2)9-14(5)19(6)11-16(10-17,15-7-8-15)18-13(3)4/h12-15,18H,7-9,11H2,1-6H3. The molecule has 3 nitrogen and oxygen atoms in total. The Morgan fingerprint density at radius 3 is 2.21 bits per heavy atom. The highest BCUT2D eigenvalue weighted by Crippen LogP contribution is 2.40. The largest absolute Gasteiger partial charge is 0.301 e. The minimum absolute atomic E-state index is 0.353. The van der Waals surface area contributed by atoms with Gasteiger partial charge < -0.3 is 4.90 Å². The Bertz CT molecular complexity index is 314. The first-order valence-corrected chi connectivity index (χ1v) is 7.70. The summed E-state index contributed by atoms with van der Waals surface area (Å²) in [6.07, 6.45) is 3.57. The van der Waals surface area contributed by atoms with E-state index in [4.69, 9.17) is 0 Å². The van der Waals surface area contributed by atoms with Gasteiger partial charge in [0.05, 0.1) is 6.07 Å². The van der Waals surface area contributed by atoms with Gasteiger partial charge in [-0.2, -0.15) is 5.26 Å². The molecule has 0 amide bonds. The number of rotatable bonds is 8. The van der Waals surface area contributed by atoms with E-state index in [9.17, 15) is 5.26 Å². The maximum Gasteiger partial charge on any atom is 0.122 e. The van der Waals surface area contributed by atoms with Crippen LogP contribution in [0.4, 0.5) is 0 Å². The van der Waals surface area contributed by atoms with E-state index >= 15 is 0 Å². The summed E-state index contributed by atoms with van der Waals surface area (Å²) in [7, 11) is 2.16. The second-order valence-electron chi connectivity index (χ2n) is 7.05. The molecule has 2 atom stereocenters. The lowest BCUT2D eigenvalue weighted by atomic mass is 9.92. The van der Waals surface area contributed by atoms with Crippen molar-refractivity contribution in [3.63, 3.8) is 0 Å². The average molecular weight is 265 g/mol. The van der Waals surface area contributed by atoms with Gasteiger partial charge >= 0.3 is 0 Å². The van der Waals surface area contributed by atoms with E-state index in [1.54, 1.807) is 0 Å². The van der Waals surface area contributed by atoms with E-state index in [0.717, 1.165) is 6.54 Å². The summed E-state index contributed by atoms with van der Waals surface area (Å²) >= 11 is 0. The van der Waals surface area contributed by atoms with E-state index in [1.165, 1.54) is 19.3 Å². The Kier molecular flexibility index (Phi) is 5.82. The monoisotopic (exact) mass is 265 g/mol. The highest BCUT2D eigenvalue weighted by atomic mass is 15.2. The quantitative estimate of drug-likeness (QED) is 0.733. The van der Waals surface area contributed by atoms with Crippen LogP contribution < -0.4 is 5.32 Å². The summed E-state index contributed by atoms with van der Waals surface area (Å²) in [5.74, 6) is 1.24. The first kappa shape index (κ1) is 16.5. The van der Waals surface area contributed by atoms with Crippen molar-refractivity contribution < 1.29 is 0 Å². The number of nitrogens with one attached hydrogen (secondary N) is 1. The molecular formula is C16H31N3. The fourth-order valence-electron chi connectivity index (χ4n) is 2.95. The van der Waals surface area contributed by atoms with Crippen LogP contribution >= 0.6 is 0 Å². The molecule has 0 heterocycles. The van der Waals surface area contributed by atoms with Gasteiger partial charge in [0, 0.05) is 18.6 Å². The molecule has 1 rings (SSSR count). The van der Waals surface area contributed by atoms with E-state index in [-0.39, 0.29) is 5.54 Å². The zero-order valence-corrected chi connectivity index (χ0v) is 13.5. The molecule has 1 fully saturated rings. The Balaban J connectivity index is 2.69. The van der Waals surface area contributed by atoms with Crippen LogP contribution in [0.5, 0.6) is 0 Å². The predicted molar refractivity (Wildman–Crippen MR) is 80.9 cm³/mol. The third-order valence-corrected chi connectivity index (χ3v) is 4.08. The van der Waals surface area contributed by atoms with Gasteiger partial charge in [-0.3, -0.25) is 5.32 Å². The summed E-state index contributed by atoms with van der Waals surface area (Å²) < 4.78 is 0. The molecule has 1 aliphatic rings. The van der Waals surface area contributed by atoms with Crippen molar-refractivity contribution in [1.82, 2.24) is 10.2 Å². The smallest absolute Gasteiger partial charge is 0.122 e. The molecule has 0 aromatic heterocycles. The Labute approximate surface area is 119 Å². The Morgan fingerprint density at radius 2 is 1.84 bits per heavy atom. The number of hydrogen-bond acceptors (Lipinski definition) is 3. The van der Waals surface area contributed by atoms with Crippen LogP contribution in [-0.2, 0) is 0 Å². The van der Waals surface area contributed by atoms with Gasteiger partial charge in [-0.15, -0.1) is 0 Å². The fraction of sp³-hybridized carbons (Fsp3) is 0.938. The van der Waals surface area contributed by atoms with Crippen molar-refractivity contribution in [2.24, 2.45) is 11.8 Å². The summed E-state index contributed by atoms with van der Waals surface area (Å²) in [5, 5.41) is 13.3. The van der Waals surface area contributed by atoms with Gasteiger partial charge in [-0.05, 0) is 58.9 Å². The Hall–Kier alpha value is -0.590. The molecule has 3 heteroatoms. The van der Waals surface area contributed by atoms with E-state index < -0.39 is 0 Å². The van der Waals surface area contributed by atoms with E-state index in [2.05, 4.69) is 58.0 Å². The van der Waals surface area contributed by atoms with Crippen LogP contribution in [0.1, 0.15) is 53.9 Å². The van der Waals surface area contributed by atoms with Crippen molar-refractivity contribution >= 4 is 0 Å². The molecule has 0 spiro atoms. The lowest BCUT2D eigenvalue weighted by molar-refractivity contribution is 0.164. The van der Waals surface area contributed by atoms with Crippen LogP contribution in [0.2, 0.25) is 0 Å². The van der Waals surface area contributed by atoms with Gasteiger partial charge in [-0.25, -0.2) is 0 Å². The third-order valence-electron chi connectivity index (χ3n) is 4.08. The minimum Gasteiger partial charge on any atom is -0.301 e. The van der Waals surface area contributed by atoms with Crippen molar-refractivity contribution in [3.05, 3.63) is 0 Å². The number of hydrogen-bond donors (Lipinski definition) is 1. The lowest BCUT2D eigenvalue weighted by Crippen LogP contribution is -2.57. The predicted octanol–water partition coefficient (Wildman–Crippen LogP) is 3.02. The van der Waals surface area contributed by atoms with Crippen molar-refractivity contribution in [3.8, 4) is 6.07 Å². The fourth-order valence-corrected chi connectivity index (χ4v) is 2.95. The van der Waals surface area contributed by atoms with Gasteiger partial charge in [0.2, 0.25) is 0 Å². The molecule has 1 saturated carbocycles. The van der Waals surface area contributed by atoms with Crippen LogP contribution in [0.25, 0.3) is 0 Å². The van der Waals surface area contributed by atoms with E-state index in [0.29, 0.717) is 23.9 Å². The van der Waals surface area contributed by atoms with Crippen LogP contribution in [-0.4, -0.2) is 36.1 Å². The second kappa shape index (κ2) is 6.72. The van der Waals surface area contributed by atoms with E-state index in [1.807, 2.05) is 0 Å².